The number of nitrogens with zero attached hydrogens (tertiary/aromatic N) is 1. The fraction of sp³-hybridized carbons (Fsp3) is 0.400. The lowest BCUT2D eigenvalue weighted by atomic mass is 10.3. The second-order valence-electron chi connectivity index (χ2n) is 3.16. The summed E-state index contributed by atoms with van der Waals surface area (Å²) in [4.78, 5) is 15.3. The third-order valence-corrected chi connectivity index (χ3v) is 2.04. The Balaban J connectivity index is 2.67. The summed E-state index contributed by atoms with van der Waals surface area (Å²) in [5.74, 6) is 0.724. The van der Waals surface area contributed by atoms with E-state index in [1.807, 2.05) is 12.1 Å². The van der Waals surface area contributed by atoms with E-state index in [-0.39, 0.29) is 11.9 Å². The van der Waals surface area contributed by atoms with Gasteiger partial charge in [0.2, 0.25) is 5.91 Å². The van der Waals surface area contributed by atoms with Gasteiger partial charge >= 0.3 is 0 Å². The van der Waals surface area contributed by atoms with E-state index in [4.69, 9.17) is 0 Å². The molecule has 3 N–H and O–H groups in total. The van der Waals surface area contributed by atoms with Gasteiger partial charge in [0.15, 0.2) is 0 Å². The van der Waals surface area contributed by atoms with E-state index in [1.54, 1.807) is 27.2 Å². The van der Waals surface area contributed by atoms with Crippen molar-refractivity contribution >= 4 is 17.4 Å². The van der Waals surface area contributed by atoms with E-state index < -0.39 is 0 Å². The number of hydrogen-bond acceptors (Lipinski definition) is 4. The van der Waals surface area contributed by atoms with Crippen LogP contribution in [0.1, 0.15) is 6.92 Å². The second-order valence-corrected chi connectivity index (χ2v) is 3.16. The molecule has 1 heterocycles. The molecule has 1 rings (SSSR count). The van der Waals surface area contributed by atoms with Gasteiger partial charge < -0.3 is 16.0 Å². The first-order chi connectivity index (χ1) is 7.17. The van der Waals surface area contributed by atoms with Crippen LogP contribution >= 0.6 is 0 Å². The van der Waals surface area contributed by atoms with Crippen LogP contribution in [0.2, 0.25) is 0 Å². The summed E-state index contributed by atoms with van der Waals surface area (Å²) >= 11 is 0. The van der Waals surface area contributed by atoms with Gasteiger partial charge in [-0.2, -0.15) is 0 Å². The van der Waals surface area contributed by atoms with Crippen molar-refractivity contribution in [2.75, 3.05) is 24.7 Å². The molecular weight excluding hydrogens is 192 g/mol. The highest BCUT2D eigenvalue weighted by Gasteiger charge is 2.09. The Morgan fingerprint density at radius 3 is 2.80 bits per heavy atom. The smallest absolute Gasteiger partial charge is 0.241 e. The van der Waals surface area contributed by atoms with Crippen molar-refractivity contribution < 1.29 is 4.79 Å². The highest BCUT2D eigenvalue weighted by atomic mass is 16.2. The van der Waals surface area contributed by atoms with Crippen molar-refractivity contribution in [3.8, 4) is 0 Å². The molecule has 0 radical (unpaired) electrons. The molecular formula is C10H16N4O. The fourth-order valence-corrected chi connectivity index (χ4v) is 1.19. The fourth-order valence-electron chi connectivity index (χ4n) is 1.19. The van der Waals surface area contributed by atoms with E-state index in [0.717, 1.165) is 11.5 Å². The molecule has 1 unspecified atom stereocenters. The number of rotatable bonds is 4. The van der Waals surface area contributed by atoms with Gasteiger partial charge in [-0.3, -0.25) is 4.79 Å². The minimum Gasteiger partial charge on any atom is -0.374 e. The molecule has 0 fully saturated rings. The van der Waals surface area contributed by atoms with E-state index in [9.17, 15) is 4.79 Å². The molecule has 1 aromatic heterocycles. The lowest BCUT2D eigenvalue weighted by Crippen LogP contribution is -2.35. The van der Waals surface area contributed by atoms with Gasteiger partial charge in [-0.05, 0) is 13.0 Å². The second kappa shape index (κ2) is 5.19. The van der Waals surface area contributed by atoms with Crippen LogP contribution in [0.4, 0.5) is 11.5 Å². The van der Waals surface area contributed by atoms with Gasteiger partial charge in [-0.1, -0.05) is 0 Å². The zero-order chi connectivity index (χ0) is 11.3. The first-order valence-electron chi connectivity index (χ1n) is 4.79. The van der Waals surface area contributed by atoms with Crippen LogP contribution in [0.25, 0.3) is 0 Å². The zero-order valence-electron chi connectivity index (χ0n) is 9.16. The largest absolute Gasteiger partial charge is 0.374 e. The normalized spacial score (nSPS) is 11.7. The van der Waals surface area contributed by atoms with Crippen molar-refractivity contribution in [3.63, 3.8) is 0 Å². The summed E-state index contributed by atoms with van der Waals surface area (Å²) in [5.41, 5.74) is 0.866. The molecule has 15 heavy (non-hydrogen) atoms. The van der Waals surface area contributed by atoms with Gasteiger partial charge in [0.1, 0.15) is 11.9 Å². The molecule has 1 amide bonds. The Hall–Kier alpha value is -1.78. The standard InChI is InChI=1S/C10H16N4O/c1-7(10(15)12-3)14-8-4-5-13-9(6-8)11-2/h4-7H,1-3H3,(H,12,15)(H2,11,13,14). The number of anilines is 2. The molecule has 0 bridgehead atoms. The number of carbonyl (C=O) groups excluding carboxylic acids is 1. The van der Waals surface area contributed by atoms with Gasteiger partial charge in [-0.15, -0.1) is 0 Å². The molecule has 0 saturated heterocycles. The number of pyridine rings is 1. The average molecular weight is 208 g/mol. The van der Waals surface area contributed by atoms with Crippen LogP contribution in [0, 0.1) is 0 Å². The molecule has 0 saturated carbocycles. The number of likely N-dealkylation sites (N-methyl/N-ethyl adjacent to an activating group) is 1. The average Bonchev–Trinajstić information content (AvgIpc) is 2.28. The number of amides is 1. The predicted octanol–water partition coefficient (Wildman–Crippen LogP) is 0.670. The topological polar surface area (TPSA) is 66.0 Å². The Bertz CT molecular complexity index is 340. The minimum atomic E-state index is -0.262. The van der Waals surface area contributed by atoms with Crippen LogP contribution in [0.3, 0.4) is 0 Å². The Labute approximate surface area is 89.3 Å². The molecule has 0 aromatic carbocycles. The van der Waals surface area contributed by atoms with Crippen molar-refractivity contribution in [1.82, 2.24) is 10.3 Å². The number of nitrogens with one attached hydrogen (secondary N) is 3. The molecule has 0 aliphatic heterocycles. The van der Waals surface area contributed by atoms with E-state index in [2.05, 4.69) is 20.9 Å². The number of carbonyl (C=O) groups is 1. The third-order valence-electron chi connectivity index (χ3n) is 2.04. The van der Waals surface area contributed by atoms with Crippen LogP contribution in [-0.4, -0.2) is 31.0 Å². The summed E-state index contributed by atoms with van der Waals surface area (Å²) in [7, 11) is 3.42. The predicted molar refractivity (Wildman–Crippen MR) is 60.9 cm³/mol. The van der Waals surface area contributed by atoms with Gasteiger partial charge in [-0.25, -0.2) is 4.98 Å². The summed E-state index contributed by atoms with van der Waals surface area (Å²) in [5, 5.41) is 8.59. The molecule has 0 aliphatic rings. The van der Waals surface area contributed by atoms with Crippen molar-refractivity contribution in [2.45, 2.75) is 13.0 Å². The molecule has 82 valence electrons. The highest BCUT2D eigenvalue weighted by molar-refractivity contribution is 5.83. The summed E-state index contributed by atoms with van der Waals surface area (Å²) < 4.78 is 0. The Morgan fingerprint density at radius 2 is 2.20 bits per heavy atom. The lowest BCUT2D eigenvalue weighted by Gasteiger charge is -2.13. The zero-order valence-corrected chi connectivity index (χ0v) is 9.16. The highest BCUT2D eigenvalue weighted by Crippen LogP contribution is 2.12. The first kappa shape index (κ1) is 11.3. The maximum atomic E-state index is 11.3. The number of hydrogen-bond donors (Lipinski definition) is 3. The first-order valence-corrected chi connectivity index (χ1v) is 4.79. The Morgan fingerprint density at radius 1 is 1.47 bits per heavy atom. The van der Waals surface area contributed by atoms with Gasteiger partial charge in [0.05, 0.1) is 0 Å². The van der Waals surface area contributed by atoms with Crippen LogP contribution < -0.4 is 16.0 Å². The van der Waals surface area contributed by atoms with Crippen LogP contribution in [-0.2, 0) is 4.79 Å². The molecule has 1 atom stereocenters. The van der Waals surface area contributed by atoms with Crippen molar-refractivity contribution in [1.29, 1.82) is 0 Å². The quantitative estimate of drug-likeness (QED) is 0.680. The van der Waals surface area contributed by atoms with E-state index >= 15 is 0 Å². The molecule has 1 aromatic rings. The van der Waals surface area contributed by atoms with Crippen LogP contribution in [0.5, 0.6) is 0 Å². The third kappa shape index (κ3) is 3.12. The van der Waals surface area contributed by atoms with Gasteiger partial charge in [0.25, 0.3) is 0 Å². The summed E-state index contributed by atoms with van der Waals surface area (Å²) in [6.07, 6.45) is 1.69. The van der Waals surface area contributed by atoms with E-state index in [1.165, 1.54) is 0 Å². The molecule has 5 heteroatoms. The SMILES string of the molecule is CNC(=O)C(C)Nc1ccnc(NC)c1. The van der Waals surface area contributed by atoms with E-state index in [0.29, 0.717) is 0 Å². The maximum Gasteiger partial charge on any atom is 0.241 e. The lowest BCUT2D eigenvalue weighted by molar-refractivity contribution is -0.121. The maximum absolute atomic E-state index is 11.3. The molecule has 0 spiro atoms. The molecule has 5 nitrogen and oxygen atoms in total. The Kier molecular flexibility index (Phi) is 3.91. The number of aromatic nitrogens is 1. The molecule has 0 aliphatic carbocycles. The summed E-state index contributed by atoms with van der Waals surface area (Å²) in [6.45, 7) is 1.80. The monoisotopic (exact) mass is 208 g/mol. The van der Waals surface area contributed by atoms with Gasteiger partial charge in [0, 0.05) is 32.0 Å². The summed E-state index contributed by atoms with van der Waals surface area (Å²) in [6, 6.07) is 3.40. The van der Waals surface area contributed by atoms with Crippen LogP contribution in [0.15, 0.2) is 18.3 Å². The van der Waals surface area contributed by atoms with Crippen molar-refractivity contribution in [3.05, 3.63) is 18.3 Å². The van der Waals surface area contributed by atoms with Crippen molar-refractivity contribution in [2.24, 2.45) is 0 Å². The minimum absolute atomic E-state index is 0.0437.